The third kappa shape index (κ3) is 2.11. The molecule has 1 unspecified atom stereocenters. The van der Waals surface area contributed by atoms with Crippen molar-refractivity contribution < 1.29 is 5.11 Å². The topological polar surface area (TPSA) is 42.2 Å². The second-order valence-corrected chi connectivity index (χ2v) is 4.60. The van der Waals surface area contributed by atoms with Crippen LogP contribution in [0.1, 0.15) is 13.3 Å². The van der Waals surface area contributed by atoms with Gasteiger partial charge in [0.15, 0.2) is 0 Å². The van der Waals surface area contributed by atoms with Crippen LogP contribution in [-0.2, 0) is 6.54 Å². The van der Waals surface area contributed by atoms with Gasteiger partial charge in [0.05, 0.1) is 11.5 Å². The average Bonchev–Trinajstić information content (AvgIpc) is 2.65. The van der Waals surface area contributed by atoms with Gasteiger partial charge in [-0.2, -0.15) is 0 Å². The number of aryl methyl sites for hydroxylation is 1. The summed E-state index contributed by atoms with van der Waals surface area (Å²) in [7, 11) is 0. The van der Waals surface area contributed by atoms with Crippen molar-refractivity contribution in [1.29, 1.82) is 0 Å². The molecular formula is C11H13NO2S. The standard InChI is InChI=1S/C11H13NO2S/c1-8(13)2-5-12-6-3-10-9(11(12)14)4-7-15-10/h3-4,6-8,13H,2,5H2,1H3. The summed E-state index contributed by atoms with van der Waals surface area (Å²) in [6, 6.07) is 3.80. The lowest BCUT2D eigenvalue weighted by atomic mass is 10.2. The van der Waals surface area contributed by atoms with Crippen LogP contribution in [0.4, 0.5) is 0 Å². The molecule has 0 bridgehead atoms. The lowest BCUT2D eigenvalue weighted by Crippen LogP contribution is -2.20. The number of aliphatic hydroxyl groups excluding tert-OH is 1. The Morgan fingerprint density at radius 3 is 3.07 bits per heavy atom. The SMILES string of the molecule is CC(O)CCn1ccc2sccc2c1=O. The van der Waals surface area contributed by atoms with Gasteiger partial charge in [-0.15, -0.1) is 11.3 Å². The third-order valence-corrected chi connectivity index (χ3v) is 3.26. The Hall–Kier alpha value is -1.13. The number of nitrogens with zero attached hydrogens (tertiary/aromatic N) is 1. The number of hydrogen-bond donors (Lipinski definition) is 1. The largest absolute Gasteiger partial charge is 0.393 e. The van der Waals surface area contributed by atoms with E-state index in [2.05, 4.69) is 0 Å². The zero-order chi connectivity index (χ0) is 10.8. The van der Waals surface area contributed by atoms with E-state index in [-0.39, 0.29) is 11.7 Å². The number of aromatic nitrogens is 1. The molecule has 2 heterocycles. The van der Waals surface area contributed by atoms with Gasteiger partial charge < -0.3 is 9.67 Å². The molecule has 1 atom stereocenters. The third-order valence-electron chi connectivity index (χ3n) is 2.38. The van der Waals surface area contributed by atoms with E-state index in [1.54, 1.807) is 29.0 Å². The van der Waals surface area contributed by atoms with Crippen LogP contribution in [-0.4, -0.2) is 15.8 Å². The first-order valence-electron chi connectivity index (χ1n) is 4.93. The van der Waals surface area contributed by atoms with Crippen molar-refractivity contribution in [2.45, 2.75) is 26.0 Å². The molecule has 0 saturated carbocycles. The zero-order valence-electron chi connectivity index (χ0n) is 8.51. The van der Waals surface area contributed by atoms with E-state index in [0.29, 0.717) is 13.0 Å². The smallest absolute Gasteiger partial charge is 0.259 e. The second-order valence-electron chi connectivity index (χ2n) is 3.65. The predicted molar refractivity (Wildman–Crippen MR) is 62.4 cm³/mol. The summed E-state index contributed by atoms with van der Waals surface area (Å²) >= 11 is 1.57. The Bertz CT molecular complexity index is 513. The van der Waals surface area contributed by atoms with Crippen LogP contribution in [0.25, 0.3) is 10.1 Å². The Morgan fingerprint density at radius 1 is 1.53 bits per heavy atom. The van der Waals surface area contributed by atoms with Gasteiger partial charge in [0.2, 0.25) is 0 Å². The Balaban J connectivity index is 2.36. The monoisotopic (exact) mass is 223 g/mol. The van der Waals surface area contributed by atoms with E-state index in [0.717, 1.165) is 10.1 Å². The first-order valence-corrected chi connectivity index (χ1v) is 5.81. The number of rotatable bonds is 3. The van der Waals surface area contributed by atoms with Gasteiger partial charge in [-0.1, -0.05) is 0 Å². The Labute approximate surface area is 91.6 Å². The van der Waals surface area contributed by atoms with Crippen molar-refractivity contribution in [3.63, 3.8) is 0 Å². The molecule has 0 aromatic carbocycles. The Morgan fingerprint density at radius 2 is 2.33 bits per heavy atom. The van der Waals surface area contributed by atoms with Crippen molar-refractivity contribution in [2.75, 3.05) is 0 Å². The molecule has 2 aromatic heterocycles. The summed E-state index contributed by atoms with van der Waals surface area (Å²) in [4.78, 5) is 11.9. The van der Waals surface area contributed by atoms with Gasteiger partial charge in [-0.25, -0.2) is 0 Å². The minimum atomic E-state index is -0.366. The molecule has 2 rings (SSSR count). The van der Waals surface area contributed by atoms with E-state index in [9.17, 15) is 4.79 Å². The summed E-state index contributed by atoms with van der Waals surface area (Å²) in [5, 5.41) is 11.9. The van der Waals surface area contributed by atoms with Crippen LogP contribution < -0.4 is 5.56 Å². The number of thiophene rings is 1. The van der Waals surface area contributed by atoms with E-state index >= 15 is 0 Å². The van der Waals surface area contributed by atoms with Gasteiger partial charge in [0, 0.05) is 17.4 Å². The van der Waals surface area contributed by atoms with Crippen LogP contribution in [0, 0.1) is 0 Å². The normalized spacial score (nSPS) is 13.2. The maximum Gasteiger partial charge on any atom is 0.259 e. The average molecular weight is 223 g/mol. The van der Waals surface area contributed by atoms with Gasteiger partial charge in [-0.3, -0.25) is 4.79 Å². The van der Waals surface area contributed by atoms with Gasteiger partial charge in [0.1, 0.15) is 0 Å². The fourth-order valence-corrected chi connectivity index (χ4v) is 2.28. The van der Waals surface area contributed by atoms with Gasteiger partial charge in [-0.05, 0) is 30.9 Å². The fraction of sp³-hybridized carbons (Fsp3) is 0.364. The maximum atomic E-state index is 11.9. The molecule has 3 nitrogen and oxygen atoms in total. The van der Waals surface area contributed by atoms with Crippen molar-refractivity contribution in [2.24, 2.45) is 0 Å². The first-order chi connectivity index (χ1) is 7.18. The van der Waals surface area contributed by atoms with Crippen molar-refractivity contribution in [3.8, 4) is 0 Å². The molecule has 2 aromatic rings. The Kier molecular flexibility index (Phi) is 2.88. The molecule has 4 heteroatoms. The van der Waals surface area contributed by atoms with E-state index < -0.39 is 0 Å². The highest BCUT2D eigenvalue weighted by atomic mass is 32.1. The molecule has 80 valence electrons. The summed E-state index contributed by atoms with van der Waals surface area (Å²) < 4.78 is 2.68. The summed E-state index contributed by atoms with van der Waals surface area (Å²) in [6.07, 6.45) is 2.04. The van der Waals surface area contributed by atoms with Gasteiger partial charge >= 0.3 is 0 Å². The molecular weight excluding hydrogens is 210 g/mol. The number of aliphatic hydroxyl groups is 1. The fourth-order valence-electron chi connectivity index (χ4n) is 1.51. The number of hydrogen-bond acceptors (Lipinski definition) is 3. The number of pyridine rings is 1. The molecule has 0 saturated heterocycles. The first kappa shape index (κ1) is 10.4. The highest BCUT2D eigenvalue weighted by Gasteiger charge is 2.04. The molecule has 1 N–H and O–H groups in total. The summed E-state index contributed by atoms with van der Waals surface area (Å²) in [5.41, 5.74) is 0.0365. The van der Waals surface area contributed by atoms with Gasteiger partial charge in [0.25, 0.3) is 5.56 Å². The van der Waals surface area contributed by atoms with Crippen molar-refractivity contribution in [1.82, 2.24) is 4.57 Å². The van der Waals surface area contributed by atoms with Crippen molar-refractivity contribution in [3.05, 3.63) is 34.1 Å². The molecule has 0 radical (unpaired) electrons. The molecule has 0 aliphatic heterocycles. The van der Waals surface area contributed by atoms with E-state index in [1.165, 1.54) is 0 Å². The second kappa shape index (κ2) is 4.16. The predicted octanol–water partition coefficient (Wildman–Crippen LogP) is 1.83. The molecule has 15 heavy (non-hydrogen) atoms. The molecule has 0 aliphatic rings. The molecule has 0 spiro atoms. The minimum absolute atomic E-state index is 0.0365. The van der Waals surface area contributed by atoms with Crippen LogP contribution >= 0.6 is 11.3 Å². The zero-order valence-corrected chi connectivity index (χ0v) is 9.33. The van der Waals surface area contributed by atoms with Crippen molar-refractivity contribution >= 4 is 21.4 Å². The van der Waals surface area contributed by atoms with Crippen LogP contribution in [0.3, 0.4) is 0 Å². The summed E-state index contributed by atoms with van der Waals surface area (Å²) in [6.45, 7) is 2.30. The number of fused-ring (bicyclic) bond motifs is 1. The van der Waals surface area contributed by atoms with E-state index in [4.69, 9.17) is 5.11 Å². The lowest BCUT2D eigenvalue weighted by molar-refractivity contribution is 0.177. The minimum Gasteiger partial charge on any atom is -0.393 e. The van der Waals surface area contributed by atoms with Crippen LogP contribution in [0.2, 0.25) is 0 Å². The van der Waals surface area contributed by atoms with Crippen LogP contribution in [0.15, 0.2) is 28.5 Å². The van der Waals surface area contributed by atoms with Crippen LogP contribution in [0.5, 0.6) is 0 Å². The lowest BCUT2D eigenvalue weighted by Gasteiger charge is -2.07. The van der Waals surface area contributed by atoms with E-state index in [1.807, 2.05) is 17.5 Å². The summed E-state index contributed by atoms with van der Waals surface area (Å²) in [5.74, 6) is 0. The highest BCUT2D eigenvalue weighted by molar-refractivity contribution is 7.17. The quantitative estimate of drug-likeness (QED) is 0.862. The molecule has 0 aliphatic carbocycles. The molecule has 0 fully saturated rings. The maximum absolute atomic E-state index is 11.9. The highest BCUT2D eigenvalue weighted by Crippen LogP contribution is 2.16. The molecule has 0 amide bonds.